The maximum absolute atomic E-state index is 12.0. The molecule has 0 unspecified atom stereocenters. The Bertz CT molecular complexity index is 524. The highest BCUT2D eigenvalue weighted by Crippen LogP contribution is 2.25. The van der Waals surface area contributed by atoms with Gasteiger partial charge in [0.05, 0.1) is 23.3 Å². The van der Waals surface area contributed by atoms with Gasteiger partial charge in [-0.1, -0.05) is 30.1 Å². The van der Waals surface area contributed by atoms with Crippen molar-refractivity contribution in [2.24, 2.45) is 5.73 Å². The van der Waals surface area contributed by atoms with Crippen molar-refractivity contribution in [3.05, 3.63) is 28.2 Å². The lowest BCUT2D eigenvalue weighted by Gasteiger charge is -2.23. The molecule has 1 aromatic carbocycles. The van der Waals surface area contributed by atoms with Gasteiger partial charge in [-0.15, -0.1) is 12.4 Å². The summed E-state index contributed by atoms with van der Waals surface area (Å²) in [5, 5.41) is 3.48. The Hall–Kier alpha value is -1.01. The van der Waals surface area contributed by atoms with Gasteiger partial charge in [-0.25, -0.2) is 0 Å². The number of rotatable bonds is 6. The average molecular weight is 369 g/mol. The number of nitrogens with two attached hydrogens (primary N) is 1. The Morgan fingerprint density at radius 2 is 2.00 bits per heavy atom. The molecule has 0 saturated carbocycles. The second-order valence-corrected chi connectivity index (χ2v) is 5.56. The molecule has 0 aliphatic carbocycles. The molecule has 5 nitrogen and oxygen atoms in total. The summed E-state index contributed by atoms with van der Waals surface area (Å²) in [6, 6.07) is 4.14. The molecule has 1 aromatic rings. The molecule has 124 valence electrons. The van der Waals surface area contributed by atoms with Crippen LogP contribution >= 0.6 is 35.6 Å². The van der Waals surface area contributed by atoms with E-state index in [0.717, 1.165) is 6.42 Å². The first-order chi connectivity index (χ1) is 9.85. The maximum Gasteiger partial charge on any atom is 0.244 e. The van der Waals surface area contributed by atoms with E-state index in [1.54, 1.807) is 19.1 Å². The quantitative estimate of drug-likeness (QED) is 0.810. The lowest BCUT2D eigenvalue weighted by atomic mass is 10.2. The van der Waals surface area contributed by atoms with Crippen LogP contribution in [0.2, 0.25) is 10.0 Å². The fourth-order valence-corrected chi connectivity index (χ4v) is 2.23. The van der Waals surface area contributed by atoms with Gasteiger partial charge in [0.1, 0.15) is 0 Å². The van der Waals surface area contributed by atoms with Crippen molar-refractivity contribution in [2.75, 3.05) is 18.4 Å². The highest BCUT2D eigenvalue weighted by molar-refractivity contribution is 6.36. The minimum Gasteiger partial charge on any atom is -0.332 e. The first kappa shape index (κ1) is 21.0. The molecule has 22 heavy (non-hydrogen) atoms. The number of hydrogen-bond acceptors (Lipinski definition) is 3. The maximum atomic E-state index is 12.0. The van der Waals surface area contributed by atoms with E-state index in [9.17, 15) is 9.59 Å². The Morgan fingerprint density at radius 1 is 1.36 bits per heavy atom. The lowest BCUT2D eigenvalue weighted by molar-refractivity contribution is -0.135. The van der Waals surface area contributed by atoms with Gasteiger partial charge in [0.25, 0.3) is 0 Å². The van der Waals surface area contributed by atoms with Gasteiger partial charge < -0.3 is 16.0 Å². The molecule has 0 fully saturated rings. The highest BCUT2D eigenvalue weighted by atomic mass is 35.5. The fourth-order valence-electron chi connectivity index (χ4n) is 1.78. The zero-order chi connectivity index (χ0) is 16.0. The number of anilines is 1. The number of carbonyl (C=O) groups excluding carboxylic acids is 2. The average Bonchev–Trinajstić information content (AvgIpc) is 2.40. The van der Waals surface area contributed by atoms with Crippen molar-refractivity contribution in [1.82, 2.24) is 4.90 Å². The third-order valence-electron chi connectivity index (χ3n) is 2.73. The van der Waals surface area contributed by atoms with E-state index in [1.807, 2.05) is 6.92 Å². The van der Waals surface area contributed by atoms with Crippen LogP contribution in [0.3, 0.4) is 0 Å². The molecule has 1 rings (SSSR count). The minimum atomic E-state index is -0.636. The molecule has 8 heteroatoms. The van der Waals surface area contributed by atoms with E-state index < -0.39 is 6.04 Å². The zero-order valence-electron chi connectivity index (χ0n) is 12.4. The predicted molar refractivity (Wildman–Crippen MR) is 92.9 cm³/mol. The summed E-state index contributed by atoms with van der Waals surface area (Å²) in [7, 11) is 0. The predicted octanol–water partition coefficient (Wildman–Crippen LogP) is 2.94. The third-order valence-corrected chi connectivity index (χ3v) is 3.28. The first-order valence-corrected chi connectivity index (χ1v) is 7.40. The molecule has 0 aliphatic rings. The van der Waals surface area contributed by atoms with Gasteiger partial charge in [0.15, 0.2) is 0 Å². The Balaban J connectivity index is 0.00000441. The zero-order valence-corrected chi connectivity index (χ0v) is 14.8. The number of halogens is 3. The van der Waals surface area contributed by atoms with Crippen LogP contribution in [-0.2, 0) is 9.59 Å². The topological polar surface area (TPSA) is 75.4 Å². The van der Waals surface area contributed by atoms with Crippen LogP contribution in [-0.4, -0.2) is 35.8 Å². The smallest absolute Gasteiger partial charge is 0.244 e. The number of carbonyl (C=O) groups is 2. The van der Waals surface area contributed by atoms with Crippen LogP contribution in [0.5, 0.6) is 0 Å². The summed E-state index contributed by atoms with van der Waals surface area (Å²) < 4.78 is 0. The van der Waals surface area contributed by atoms with E-state index in [0.29, 0.717) is 22.3 Å². The summed E-state index contributed by atoms with van der Waals surface area (Å²) in [6.45, 7) is 3.93. The first-order valence-electron chi connectivity index (χ1n) is 6.64. The number of benzene rings is 1. The fraction of sp³-hybridized carbons (Fsp3) is 0.429. The molecule has 2 amide bonds. The molecular formula is C14H20Cl3N3O2. The third kappa shape index (κ3) is 6.40. The molecule has 0 saturated heterocycles. The van der Waals surface area contributed by atoms with Crippen LogP contribution in [0.1, 0.15) is 20.3 Å². The number of nitrogens with one attached hydrogen (secondary N) is 1. The second kappa shape index (κ2) is 9.90. The van der Waals surface area contributed by atoms with Gasteiger partial charge in [-0.3, -0.25) is 9.59 Å². The Labute approximate surface area is 146 Å². The molecule has 0 spiro atoms. The molecule has 0 heterocycles. The Kier molecular flexibility index (Phi) is 9.44. The van der Waals surface area contributed by atoms with Gasteiger partial charge in [0.2, 0.25) is 11.8 Å². The molecule has 1 atom stereocenters. The minimum absolute atomic E-state index is 0. The van der Waals surface area contributed by atoms with Crippen LogP contribution in [0.15, 0.2) is 18.2 Å². The van der Waals surface area contributed by atoms with Crippen molar-refractivity contribution in [2.45, 2.75) is 26.3 Å². The standard InChI is InChI=1S/C14H19Cl2N3O2.ClH/c1-3-6-19(14(21)9(2)17)8-13(20)18-12-5-4-10(15)7-11(12)16;/h4-5,7,9H,3,6,8,17H2,1-2H3,(H,18,20);1H/t9-;/m0./s1. The van der Waals surface area contributed by atoms with Crippen LogP contribution < -0.4 is 11.1 Å². The lowest BCUT2D eigenvalue weighted by Crippen LogP contribution is -2.45. The monoisotopic (exact) mass is 367 g/mol. The molecular weight excluding hydrogens is 349 g/mol. The van der Waals surface area contributed by atoms with Gasteiger partial charge in [-0.05, 0) is 31.5 Å². The highest BCUT2D eigenvalue weighted by Gasteiger charge is 2.19. The summed E-state index contributed by atoms with van der Waals surface area (Å²) >= 11 is 11.8. The molecule has 0 radical (unpaired) electrons. The summed E-state index contributed by atoms with van der Waals surface area (Å²) in [5.74, 6) is -0.587. The van der Waals surface area contributed by atoms with Gasteiger partial charge >= 0.3 is 0 Å². The molecule has 0 aliphatic heterocycles. The Morgan fingerprint density at radius 3 is 2.50 bits per heavy atom. The van der Waals surface area contributed by atoms with E-state index >= 15 is 0 Å². The summed E-state index contributed by atoms with van der Waals surface area (Å²) in [5.41, 5.74) is 6.03. The van der Waals surface area contributed by atoms with Crippen LogP contribution in [0, 0.1) is 0 Å². The largest absolute Gasteiger partial charge is 0.332 e. The molecule has 3 N–H and O–H groups in total. The van der Waals surface area contributed by atoms with E-state index in [4.69, 9.17) is 28.9 Å². The second-order valence-electron chi connectivity index (χ2n) is 4.72. The van der Waals surface area contributed by atoms with Crippen LogP contribution in [0.25, 0.3) is 0 Å². The van der Waals surface area contributed by atoms with Gasteiger partial charge in [0, 0.05) is 11.6 Å². The number of amides is 2. The van der Waals surface area contributed by atoms with Gasteiger partial charge in [-0.2, -0.15) is 0 Å². The SMILES string of the molecule is CCCN(CC(=O)Nc1ccc(Cl)cc1Cl)C(=O)[C@H](C)N.Cl. The van der Waals surface area contributed by atoms with E-state index in [2.05, 4.69) is 5.32 Å². The van der Waals surface area contributed by atoms with Crippen LogP contribution in [0.4, 0.5) is 5.69 Å². The van der Waals surface area contributed by atoms with Crippen molar-refractivity contribution in [1.29, 1.82) is 0 Å². The summed E-state index contributed by atoms with van der Waals surface area (Å²) in [4.78, 5) is 25.4. The van der Waals surface area contributed by atoms with E-state index in [1.165, 1.54) is 11.0 Å². The normalized spacial score (nSPS) is 11.3. The number of nitrogens with zero attached hydrogens (tertiary/aromatic N) is 1. The van der Waals surface area contributed by atoms with Crippen molar-refractivity contribution >= 4 is 53.1 Å². The van der Waals surface area contributed by atoms with Crippen molar-refractivity contribution in [3.8, 4) is 0 Å². The van der Waals surface area contributed by atoms with E-state index in [-0.39, 0.29) is 30.8 Å². The number of hydrogen-bond donors (Lipinski definition) is 2. The van der Waals surface area contributed by atoms with Crippen molar-refractivity contribution in [3.63, 3.8) is 0 Å². The molecule has 0 aromatic heterocycles. The summed E-state index contributed by atoms with van der Waals surface area (Å²) in [6.07, 6.45) is 0.743. The van der Waals surface area contributed by atoms with Crippen molar-refractivity contribution < 1.29 is 9.59 Å². The molecule has 0 bridgehead atoms.